The van der Waals surface area contributed by atoms with Gasteiger partial charge in [0.05, 0.1) is 16.8 Å². The van der Waals surface area contributed by atoms with Crippen LogP contribution in [0, 0.1) is 32.1 Å². The Morgan fingerprint density at radius 3 is 2.58 bits per heavy atom. The van der Waals surface area contributed by atoms with Gasteiger partial charge in [0, 0.05) is 11.1 Å². The van der Waals surface area contributed by atoms with E-state index in [1.54, 1.807) is 0 Å². The Bertz CT molecular complexity index is 975. The minimum absolute atomic E-state index is 0.473. The molecule has 2 N–H and O–H groups in total. The van der Waals surface area contributed by atoms with Crippen LogP contribution in [0.4, 0.5) is 5.82 Å². The van der Waals surface area contributed by atoms with Crippen molar-refractivity contribution in [2.45, 2.75) is 31.6 Å². The molecule has 3 rings (SSSR count). The van der Waals surface area contributed by atoms with Crippen molar-refractivity contribution in [2.75, 3.05) is 5.73 Å². The molecule has 3 aromatic rings. The highest BCUT2D eigenvalue weighted by atomic mass is 32.2. The van der Waals surface area contributed by atoms with E-state index in [0.717, 1.165) is 27.7 Å². The number of aryl methyl sites for hydroxylation is 1. The first-order valence-corrected chi connectivity index (χ1v) is 8.51. The van der Waals surface area contributed by atoms with E-state index >= 15 is 0 Å². The van der Waals surface area contributed by atoms with Crippen LogP contribution in [0.2, 0.25) is 0 Å². The van der Waals surface area contributed by atoms with E-state index in [0.29, 0.717) is 28.0 Å². The lowest BCUT2D eigenvalue weighted by atomic mass is 10.1. The molecule has 5 nitrogen and oxygen atoms in total. The molecule has 0 bridgehead atoms. The van der Waals surface area contributed by atoms with E-state index in [1.165, 1.54) is 11.8 Å². The van der Waals surface area contributed by atoms with E-state index in [9.17, 15) is 5.26 Å². The van der Waals surface area contributed by atoms with Crippen molar-refractivity contribution in [3.8, 4) is 6.07 Å². The molecule has 0 amide bonds. The van der Waals surface area contributed by atoms with Gasteiger partial charge in [-0.3, -0.25) is 0 Å². The topological polar surface area (TPSA) is 88.5 Å². The summed E-state index contributed by atoms with van der Waals surface area (Å²) in [6, 6.07) is 9.92. The molecule has 24 heavy (non-hydrogen) atoms. The molecule has 1 aromatic carbocycles. The standard InChI is InChI=1S/C18H17N5S/c1-10-11(2)14(8-19)18(21-12(10)3)24-9-16-22-15-7-5-4-6-13(15)17(20)23-16/h4-7H,9H2,1-3H3,(H2,20,22,23). The normalized spacial score (nSPS) is 10.8. The van der Waals surface area contributed by atoms with Gasteiger partial charge in [-0.25, -0.2) is 15.0 Å². The van der Waals surface area contributed by atoms with Gasteiger partial charge in [0.2, 0.25) is 0 Å². The number of nitrogens with two attached hydrogens (primary N) is 1. The van der Waals surface area contributed by atoms with Crippen molar-refractivity contribution in [3.05, 3.63) is 52.5 Å². The molecule has 0 atom stereocenters. The van der Waals surface area contributed by atoms with E-state index < -0.39 is 0 Å². The van der Waals surface area contributed by atoms with E-state index in [4.69, 9.17) is 5.73 Å². The SMILES string of the molecule is Cc1nc(SCc2nc(N)c3ccccc3n2)c(C#N)c(C)c1C. The molecule has 0 saturated heterocycles. The summed E-state index contributed by atoms with van der Waals surface area (Å²) < 4.78 is 0. The summed E-state index contributed by atoms with van der Waals surface area (Å²) in [4.78, 5) is 13.5. The van der Waals surface area contributed by atoms with Crippen molar-refractivity contribution in [3.63, 3.8) is 0 Å². The van der Waals surface area contributed by atoms with Gasteiger partial charge in [-0.2, -0.15) is 5.26 Å². The molecule has 120 valence electrons. The van der Waals surface area contributed by atoms with Gasteiger partial charge < -0.3 is 5.73 Å². The van der Waals surface area contributed by atoms with Crippen LogP contribution in [0.15, 0.2) is 29.3 Å². The third kappa shape index (κ3) is 2.91. The smallest absolute Gasteiger partial charge is 0.141 e. The Morgan fingerprint density at radius 2 is 1.83 bits per heavy atom. The summed E-state index contributed by atoms with van der Waals surface area (Å²) in [5.74, 6) is 1.62. The molecule has 2 heterocycles. The lowest BCUT2D eigenvalue weighted by Crippen LogP contribution is -2.02. The zero-order chi connectivity index (χ0) is 17.3. The number of rotatable bonds is 3. The molecular formula is C18H17N5S. The third-order valence-electron chi connectivity index (χ3n) is 4.09. The Kier molecular flexibility index (Phi) is 4.36. The summed E-state index contributed by atoms with van der Waals surface area (Å²) in [5, 5.41) is 11.0. The van der Waals surface area contributed by atoms with Gasteiger partial charge >= 0.3 is 0 Å². The van der Waals surface area contributed by atoms with Crippen molar-refractivity contribution in [1.82, 2.24) is 15.0 Å². The van der Waals surface area contributed by atoms with Crippen LogP contribution >= 0.6 is 11.8 Å². The summed E-state index contributed by atoms with van der Waals surface area (Å²) in [6.45, 7) is 5.90. The second kappa shape index (κ2) is 6.46. The van der Waals surface area contributed by atoms with Crippen LogP contribution in [0.25, 0.3) is 10.9 Å². The molecule has 0 radical (unpaired) electrons. The summed E-state index contributed by atoms with van der Waals surface area (Å²) in [5.41, 5.74) is 10.4. The van der Waals surface area contributed by atoms with Crippen LogP contribution in [0.3, 0.4) is 0 Å². The number of nitrogen functional groups attached to an aromatic ring is 1. The maximum atomic E-state index is 9.44. The van der Waals surface area contributed by atoms with Crippen molar-refractivity contribution in [2.24, 2.45) is 0 Å². The molecule has 0 aliphatic rings. The number of hydrogen-bond acceptors (Lipinski definition) is 6. The van der Waals surface area contributed by atoms with Gasteiger partial charge in [0.1, 0.15) is 22.7 Å². The highest BCUT2D eigenvalue weighted by Crippen LogP contribution is 2.29. The van der Waals surface area contributed by atoms with Gasteiger partial charge in [0.25, 0.3) is 0 Å². The Hall–Kier alpha value is -2.65. The summed E-state index contributed by atoms with van der Waals surface area (Å²) in [6.07, 6.45) is 0. The van der Waals surface area contributed by atoms with Crippen LogP contribution in [0.5, 0.6) is 0 Å². The van der Waals surface area contributed by atoms with Gasteiger partial charge in [-0.05, 0) is 44.0 Å². The molecule has 0 spiro atoms. The number of nitrogens with zero attached hydrogens (tertiary/aromatic N) is 4. The molecule has 6 heteroatoms. The average Bonchev–Trinajstić information content (AvgIpc) is 2.58. The second-order valence-electron chi connectivity index (χ2n) is 5.57. The number of pyridine rings is 1. The molecule has 0 unspecified atom stereocenters. The van der Waals surface area contributed by atoms with E-state index in [-0.39, 0.29) is 0 Å². The number of fused-ring (bicyclic) bond motifs is 1. The van der Waals surface area contributed by atoms with Crippen molar-refractivity contribution < 1.29 is 0 Å². The highest BCUT2D eigenvalue weighted by Gasteiger charge is 2.14. The predicted octanol–water partition coefficient (Wildman–Crippen LogP) is 3.70. The third-order valence-corrected chi connectivity index (χ3v) is 5.06. The number of hydrogen-bond donors (Lipinski definition) is 1. The van der Waals surface area contributed by atoms with E-state index in [1.807, 2.05) is 45.0 Å². The first kappa shape index (κ1) is 16.2. The number of anilines is 1. The number of benzene rings is 1. The predicted molar refractivity (Wildman–Crippen MR) is 96.7 cm³/mol. The quantitative estimate of drug-likeness (QED) is 0.734. The summed E-state index contributed by atoms with van der Waals surface area (Å²) in [7, 11) is 0. The van der Waals surface area contributed by atoms with Crippen molar-refractivity contribution in [1.29, 1.82) is 5.26 Å². The highest BCUT2D eigenvalue weighted by molar-refractivity contribution is 7.98. The lowest BCUT2D eigenvalue weighted by molar-refractivity contribution is 0.993. The van der Waals surface area contributed by atoms with Crippen LogP contribution in [-0.4, -0.2) is 15.0 Å². The minimum Gasteiger partial charge on any atom is -0.383 e. The minimum atomic E-state index is 0.473. The van der Waals surface area contributed by atoms with Crippen LogP contribution in [0.1, 0.15) is 28.2 Å². The Morgan fingerprint density at radius 1 is 1.08 bits per heavy atom. The first-order chi connectivity index (χ1) is 11.5. The molecule has 0 saturated carbocycles. The Labute approximate surface area is 145 Å². The number of para-hydroxylation sites is 1. The zero-order valence-corrected chi connectivity index (χ0v) is 14.6. The zero-order valence-electron chi connectivity index (χ0n) is 13.8. The fourth-order valence-corrected chi connectivity index (χ4v) is 3.44. The van der Waals surface area contributed by atoms with Gasteiger partial charge in [-0.1, -0.05) is 23.9 Å². The maximum absolute atomic E-state index is 9.44. The Balaban J connectivity index is 1.93. The lowest BCUT2D eigenvalue weighted by Gasteiger charge is -2.11. The first-order valence-electron chi connectivity index (χ1n) is 7.53. The molecule has 0 aliphatic heterocycles. The fourth-order valence-electron chi connectivity index (χ4n) is 2.50. The largest absolute Gasteiger partial charge is 0.383 e. The summed E-state index contributed by atoms with van der Waals surface area (Å²) >= 11 is 1.46. The molecule has 2 aromatic heterocycles. The number of aromatic nitrogens is 3. The second-order valence-corrected chi connectivity index (χ2v) is 6.53. The number of nitriles is 1. The number of thioether (sulfide) groups is 1. The fraction of sp³-hybridized carbons (Fsp3) is 0.222. The average molecular weight is 335 g/mol. The monoisotopic (exact) mass is 335 g/mol. The van der Waals surface area contributed by atoms with Gasteiger partial charge in [-0.15, -0.1) is 0 Å². The van der Waals surface area contributed by atoms with Crippen LogP contribution < -0.4 is 5.73 Å². The van der Waals surface area contributed by atoms with Crippen molar-refractivity contribution >= 4 is 28.5 Å². The maximum Gasteiger partial charge on any atom is 0.141 e. The molecular weight excluding hydrogens is 318 g/mol. The molecule has 0 fully saturated rings. The molecule has 0 aliphatic carbocycles. The van der Waals surface area contributed by atoms with Crippen LogP contribution in [-0.2, 0) is 5.75 Å². The van der Waals surface area contributed by atoms with E-state index in [2.05, 4.69) is 21.0 Å². The van der Waals surface area contributed by atoms with Gasteiger partial charge in [0.15, 0.2) is 0 Å².